The summed E-state index contributed by atoms with van der Waals surface area (Å²) in [6.45, 7) is 9.69. The molecule has 2 N–H and O–H groups in total. The van der Waals surface area contributed by atoms with E-state index in [1.165, 1.54) is 34.6 Å². The quantitative estimate of drug-likeness (QED) is 0.539. The third kappa shape index (κ3) is 45.0. The zero-order chi connectivity index (χ0) is 18.8. The van der Waals surface area contributed by atoms with Crippen LogP contribution >= 0.6 is 0 Å². The van der Waals surface area contributed by atoms with Gasteiger partial charge < -0.3 is 24.7 Å². The molecule has 0 saturated carbocycles. The van der Waals surface area contributed by atoms with Crippen molar-refractivity contribution >= 4 is 23.6 Å². The lowest BCUT2D eigenvalue weighted by atomic mass is 10.3. The number of rotatable bonds is 6. The molecule has 23 heavy (non-hydrogen) atoms. The topological polar surface area (TPSA) is 119 Å². The number of ketones is 1. The van der Waals surface area contributed by atoms with Crippen LogP contribution in [-0.2, 0) is 28.7 Å². The number of amides is 1. The summed E-state index contributed by atoms with van der Waals surface area (Å²) in [6.07, 6.45) is 0.113. The second-order valence-electron chi connectivity index (χ2n) is 4.60. The van der Waals surface area contributed by atoms with E-state index in [0.29, 0.717) is 13.0 Å². The smallest absolute Gasteiger partial charge is 0.302 e. The second kappa shape index (κ2) is 18.1. The van der Waals surface area contributed by atoms with E-state index in [9.17, 15) is 19.2 Å². The maximum Gasteiger partial charge on any atom is 0.302 e. The predicted molar refractivity (Wildman–Crippen MR) is 84.6 cm³/mol. The zero-order valence-electron chi connectivity index (χ0n) is 14.8. The predicted octanol–water partition coefficient (Wildman–Crippen LogP) is 0.601. The van der Waals surface area contributed by atoms with Gasteiger partial charge in [0.15, 0.2) is 0 Å². The van der Waals surface area contributed by atoms with Gasteiger partial charge in [-0.05, 0) is 20.3 Å². The van der Waals surface area contributed by atoms with Crippen molar-refractivity contribution in [2.45, 2.75) is 54.1 Å². The number of aliphatic hydroxyl groups excluding tert-OH is 1. The van der Waals surface area contributed by atoms with Gasteiger partial charge in [0.2, 0.25) is 5.91 Å². The minimum atomic E-state index is -0.506. The third-order valence-corrected chi connectivity index (χ3v) is 1.73. The van der Waals surface area contributed by atoms with Gasteiger partial charge in [-0.15, -0.1) is 0 Å². The van der Waals surface area contributed by atoms with Gasteiger partial charge in [-0.2, -0.15) is 0 Å². The van der Waals surface area contributed by atoms with Crippen molar-refractivity contribution in [1.29, 1.82) is 0 Å². The number of Topliss-reactive ketones (excluding diaryl/α,β-unsaturated/α-hetero) is 1. The summed E-state index contributed by atoms with van der Waals surface area (Å²) in [5, 5.41) is 11.3. The van der Waals surface area contributed by atoms with Crippen LogP contribution in [0.15, 0.2) is 0 Å². The van der Waals surface area contributed by atoms with Gasteiger partial charge in [-0.1, -0.05) is 6.92 Å². The van der Waals surface area contributed by atoms with Gasteiger partial charge in [-0.3, -0.25) is 14.4 Å². The molecule has 0 aliphatic heterocycles. The van der Waals surface area contributed by atoms with Crippen LogP contribution in [0.1, 0.15) is 48.0 Å². The highest BCUT2D eigenvalue weighted by Crippen LogP contribution is 1.90. The number of carbonyl (C=O) groups excluding carboxylic acids is 4. The van der Waals surface area contributed by atoms with Gasteiger partial charge in [-0.25, -0.2) is 0 Å². The first-order chi connectivity index (χ1) is 10.5. The fraction of sp³-hybridized carbons (Fsp3) is 0.733. The largest absolute Gasteiger partial charge is 0.464 e. The van der Waals surface area contributed by atoms with Gasteiger partial charge >= 0.3 is 11.9 Å². The third-order valence-electron chi connectivity index (χ3n) is 1.73. The molecule has 0 aromatic rings. The molecule has 1 amide bonds. The molecule has 0 rings (SSSR count). The van der Waals surface area contributed by atoms with Crippen molar-refractivity contribution in [3.63, 3.8) is 0 Å². The molecule has 0 saturated heterocycles. The number of carbonyl (C=O) groups is 4. The van der Waals surface area contributed by atoms with Crippen molar-refractivity contribution in [3.8, 4) is 0 Å². The molecule has 0 fully saturated rings. The fourth-order valence-electron chi connectivity index (χ4n) is 0.753. The highest BCUT2D eigenvalue weighted by atomic mass is 16.5. The van der Waals surface area contributed by atoms with Crippen LogP contribution in [0.2, 0.25) is 0 Å². The normalized spacial score (nSPS) is 9.87. The maximum absolute atomic E-state index is 10.2. The summed E-state index contributed by atoms with van der Waals surface area (Å²) in [4.78, 5) is 40.0. The summed E-state index contributed by atoms with van der Waals surface area (Å²) < 4.78 is 9.04. The molecule has 136 valence electrons. The summed E-state index contributed by atoms with van der Waals surface area (Å²) in [6, 6.07) is 0. The summed E-state index contributed by atoms with van der Waals surface area (Å²) >= 11 is 0. The Labute approximate surface area is 137 Å². The van der Waals surface area contributed by atoms with E-state index in [2.05, 4.69) is 14.8 Å². The van der Waals surface area contributed by atoms with Gasteiger partial charge in [0.25, 0.3) is 0 Å². The van der Waals surface area contributed by atoms with E-state index in [1.54, 1.807) is 0 Å². The number of aliphatic hydroxyl groups is 1. The van der Waals surface area contributed by atoms with Crippen LogP contribution in [-0.4, -0.2) is 54.6 Å². The van der Waals surface area contributed by atoms with E-state index in [0.717, 1.165) is 0 Å². The Hall–Kier alpha value is -1.96. The summed E-state index contributed by atoms with van der Waals surface area (Å²) in [5.41, 5.74) is 0. The number of hydrogen-bond acceptors (Lipinski definition) is 7. The number of ether oxygens (including phenoxy) is 2. The Morgan fingerprint density at radius 1 is 0.957 bits per heavy atom. The van der Waals surface area contributed by atoms with Crippen LogP contribution in [0.4, 0.5) is 0 Å². The molecule has 0 heterocycles. The fourth-order valence-corrected chi connectivity index (χ4v) is 0.753. The first-order valence-electron chi connectivity index (χ1n) is 7.19. The van der Waals surface area contributed by atoms with Gasteiger partial charge in [0.1, 0.15) is 19.0 Å². The number of hydrogen-bond donors (Lipinski definition) is 2. The molecule has 8 heteroatoms. The van der Waals surface area contributed by atoms with Crippen molar-refractivity contribution in [1.82, 2.24) is 5.32 Å². The summed E-state index contributed by atoms with van der Waals surface area (Å²) in [5.74, 6) is -0.625. The highest BCUT2D eigenvalue weighted by molar-refractivity contribution is 5.73. The van der Waals surface area contributed by atoms with Crippen LogP contribution in [0.3, 0.4) is 0 Å². The SMILES string of the molecule is CC(=O)NCCOC(C)=O.CC(C)=O.CCC(O)COC(C)=O. The van der Waals surface area contributed by atoms with E-state index < -0.39 is 6.10 Å². The Morgan fingerprint density at radius 2 is 1.39 bits per heavy atom. The molecule has 0 aliphatic rings. The Bertz CT molecular complexity index is 336. The molecule has 0 spiro atoms. The first-order valence-corrected chi connectivity index (χ1v) is 7.19. The standard InChI is InChI=1S/C6H11NO3.C6H12O3.C3H6O/c1-5(8)7-3-4-10-6(2)9;1-3-6(8)4-9-5(2)7;1-3(2)4/h3-4H2,1-2H3,(H,7,8);6,8H,3-4H2,1-2H3;1-2H3. The van der Waals surface area contributed by atoms with Crippen LogP contribution in [0.5, 0.6) is 0 Å². The second-order valence-corrected chi connectivity index (χ2v) is 4.60. The van der Waals surface area contributed by atoms with Gasteiger partial charge in [0.05, 0.1) is 12.6 Å². The van der Waals surface area contributed by atoms with Crippen molar-refractivity contribution in [3.05, 3.63) is 0 Å². The molecule has 1 atom stereocenters. The molecule has 0 aliphatic carbocycles. The molecule has 0 bridgehead atoms. The number of esters is 2. The average Bonchev–Trinajstić information content (AvgIpc) is 2.40. The molecule has 0 aromatic heterocycles. The summed E-state index contributed by atoms with van der Waals surface area (Å²) in [7, 11) is 0. The lowest BCUT2D eigenvalue weighted by Gasteiger charge is -2.05. The highest BCUT2D eigenvalue weighted by Gasteiger charge is 2.01. The van der Waals surface area contributed by atoms with Crippen molar-refractivity contribution in [2.24, 2.45) is 0 Å². The van der Waals surface area contributed by atoms with Crippen LogP contribution in [0.25, 0.3) is 0 Å². The minimum Gasteiger partial charge on any atom is -0.464 e. The van der Waals surface area contributed by atoms with E-state index in [-0.39, 0.29) is 36.8 Å². The molecule has 0 radical (unpaired) electrons. The van der Waals surface area contributed by atoms with Gasteiger partial charge in [0, 0.05) is 20.8 Å². The Balaban J connectivity index is -0.000000284. The number of nitrogens with one attached hydrogen (secondary N) is 1. The molecular formula is C15H29NO7. The lowest BCUT2D eigenvalue weighted by molar-refractivity contribution is -0.144. The first kappa shape index (κ1) is 26.0. The van der Waals surface area contributed by atoms with E-state index in [1.807, 2.05) is 6.92 Å². The van der Waals surface area contributed by atoms with E-state index in [4.69, 9.17) is 5.11 Å². The monoisotopic (exact) mass is 335 g/mol. The molecule has 0 aromatic carbocycles. The van der Waals surface area contributed by atoms with E-state index >= 15 is 0 Å². The molecule has 8 nitrogen and oxygen atoms in total. The van der Waals surface area contributed by atoms with Crippen molar-refractivity contribution < 1.29 is 33.8 Å². The van der Waals surface area contributed by atoms with Crippen LogP contribution in [0, 0.1) is 0 Å². The Kier molecular flexibility index (Phi) is 20.4. The van der Waals surface area contributed by atoms with Crippen molar-refractivity contribution in [2.75, 3.05) is 19.8 Å². The molecular weight excluding hydrogens is 306 g/mol. The zero-order valence-corrected chi connectivity index (χ0v) is 14.8. The maximum atomic E-state index is 10.2. The minimum absolute atomic E-state index is 0.117. The average molecular weight is 335 g/mol. The lowest BCUT2D eigenvalue weighted by Crippen LogP contribution is -2.24. The molecule has 1 unspecified atom stereocenters. The Morgan fingerprint density at radius 3 is 1.70 bits per heavy atom. The van der Waals surface area contributed by atoms with Crippen LogP contribution < -0.4 is 5.32 Å².